The molecule has 0 saturated carbocycles. The highest BCUT2D eigenvalue weighted by Gasteiger charge is 2.41. The molecule has 0 fully saturated rings. The normalized spacial score (nSPS) is 11.9. The van der Waals surface area contributed by atoms with Crippen LogP contribution in [0, 0.1) is 0 Å². The number of fused-ring (bicyclic) bond motifs is 2. The number of benzene rings is 2. The second-order valence-corrected chi connectivity index (χ2v) is 8.79. The quantitative estimate of drug-likeness (QED) is 0.442. The highest BCUT2D eigenvalue weighted by atomic mass is 16.5. The fourth-order valence-electron chi connectivity index (χ4n) is 4.36. The number of carbonyl (C=O) groups is 2. The van der Waals surface area contributed by atoms with Crippen LogP contribution < -0.4 is 18.9 Å². The Labute approximate surface area is 206 Å². The van der Waals surface area contributed by atoms with Gasteiger partial charge in [0.15, 0.2) is 23.1 Å². The van der Waals surface area contributed by atoms with Crippen molar-refractivity contribution < 1.29 is 33.6 Å². The van der Waals surface area contributed by atoms with Crippen LogP contribution >= 0.6 is 0 Å². The predicted octanol–water partition coefficient (Wildman–Crippen LogP) is 5.22. The molecule has 0 aromatic heterocycles. The summed E-state index contributed by atoms with van der Waals surface area (Å²) in [6.07, 6.45) is 4.59. The minimum Gasteiger partial charge on any atom is -0.507 e. The number of hydrogen-bond acceptors (Lipinski definition) is 7. The van der Waals surface area contributed by atoms with Crippen LogP contribution in [0.15, 0.2) is 29.4 Å². The van der Waals surface area contributed by atoms with Gasteiger partial charge >= 0.3 is 0 Å². The molecule has 7 heteroatoms. The molecule has 186 valence electrons. The first-order chi connectivity index (χ1) is 16.6. The third-order valence-corrected chi connectivity index (χ3v) is 6.01. The molecule has 0 bridgehead atoms. The summed E-state index contributed by atoms with van der Waals surface area (Å²) in [5.41, 5.74) is 3.32. The van der Waals surface area contributed by atoms with Gasteiger partial charge in [-0.3, -0.25) is 9.59 Å². The van der Waals surface area contributed by atoms with Crippen molar-refractivity contribution in [3.05, 3.63) is 62.7 Å². The Hall–Kier alpha value is -3.74. The third-order valence-electron chi connectivity index (χ3n) is 6.01. The molecule has 7 nitrogen and oxygen atoms in total. The van der Waals surface area contributed by atoms with E-state index in [1.54, 1.807) is 0 Å². The largest absolute Gasteiger partial charge is 0.507 e. The molecule has 2 aromatic carbocycles. The van der Waals surface area contributed by atoms with Crippen molar-refractivity contribution in [1.82, 2.24) is 0 Å². The molecule has 3 rings (SSSR count). The van der Waals surface area contributed by atoms with Gasteiger partial charge < -0.3 is 24.1 Å². The second kappa shape index (κ2) is 10.3. The van der Waals surface area contributed by atoms with Gasteiger partial charge in [0.1, 0.15) is 11.5 Å². The zero-order valence-electron chi connectivity index (χ0n) is 21.5. The average Bonchev–Trinajstić information content (AvgIpc) is 2.83. The van der Waals surface area contributed by atoms with Gasteiger partial charge in [-0.1, -0.05) is 23.3 Å². The Morgan fingerprint density at radius 2 is 1.26 bits per heavy atom. The molecule has 0 heterocycles. The lowest BCUT2D eigenvalue weighted by molar-refractivity contribution is 0.0971. The molecular weight excluding hydrogens is 448 g/mol. The number of phenolic OH excluding ortho intramolecular Hbond substituents is 1. The first kappa shape index (κ1) is 25.9. The summed E-state index contributed by atoms with van der Waals surface area (Å²) in [6, 6.07) is 1.45. The van der Waals surface area contributed by atoms with E-state index in [4.69, 9.17) is 18.9 Å². The van der Waals surface area contributed by atoms with Gasteiger partial charge in [-0.2, -0.15) is 0 Å². The van der Waals surface area contributed by atoms with Gasteiger partial charge in [-0.05, 0) is 46.6 Å². The zero-order valence-corrected chi connectivity index (χ0v) is 21.5. The lowest BCUT2D eigenvalue weighted by Gasteiger charge is -2.27. The monoisotopic (exact) mass is 480 g/mol. The summed E-state index contributed by atoms with van der Waals surface area (Å²) in [7, 11) is 5.76. The van der Waals surface area contributed by atoms with Crippen LogP contribution in [-0.4, -0.2) is 45.1 Å². The first-order valence-corrected chi connectivity index (χ1v) is 11.3. The van der Waals surface area contributed by atoms with Gasteiger partial charge in [0.05, 0.1) is 39.6 Å². The van der Waals surface area contributed by atoms with E-state index in [-0.39, 0.29) is 45.3 Å². The van der Waals surface area contributed by atoms with Gasteiger partial charge in [0.2, 0.25) is 5.75 Å². The topological polar surface area (TPSA) is 91.3 Å². The van der Waals surface area contributed by atoms with Crippen molar-refractivity contribution in [3.8, 4) is 28.7 Å². The maximum Gasteiger partial charge on any atom is 0.204 e. The third kappa shape index (κ3) is 4.38. The SMILES string of the molecule is COc1cc2c(c(OC)c1OC)C(=O)c1c(CC=C(C)C)c(OC)c(CC=C(C)C)c(O)c1C2=O. The molecule has 0 aliphatic heterocycles. The van der Waals surface area contributed by atoms with Gasteiger partial charge in [-0.15, -0.1) is 0 Å². The van der Waals surface area contributed by atoms with Crippen molar-refractivity contribution >= 4 is 11.6 Å². The van der Waals surface area contributed by atoms with Gasteiger partial charge in [0.25, 0.3) is 0 Å². The van der Waals surface area contributed by atoms with Crippen molar-refractivity contribution in [2.75, 3.05) is 28.4 Å². The van der Waals surface area contributed by atoms with E-state index in [9.17, 15) is 14.7 Å². The fourth-order valence-corrected chi connectivity index (χ4v) is 4.36. The van der Waals surface area contributed by atoms with Crippen molar-refractivity contribution in [2.45, 2.75) is 40.5 Å². The molecule has 2 aromatic rings. The first-order valence-electron chi connectivity index (χ1n) is 11.3. The van der Waals surface area contributed by atoms with Crippen LogP contribution in [0.1, 0.15) is 70.7 Å². The summed E-state index contributed by atoms with van der Waals surface area (Å²) < 4.78 is 22.1. The van der Waals surface area contributed by atoms with Crippen molar-refractivity contribution in [3.63, 3.8) is 0 Å². The van der Waals surface area contributed by atoms with Crippen molar-refractivity contribution in [1.29, 1.82) is 0 Å². The lowest BCUT2D eigenvalue weighted by Crippen LogP contribution is -2.25. The summed E-state index contributed by atoms with van der Waals surface area (Å²) in [4.78, 5) is 27.9. The number of allylic oxidation sites excluding steroid dienone is 4. The lowest BCUT2D eigenvalue weighted by atomic mass is 9.78. The Bertz CT molecular complexity index is 1260. The summed E-state index contributed by atoms with van der Waals surface area (Å²) in [5.74, 6) is -0.256. The van der Waals surface area contributed by atoms with Gasteiger partial charge in [0, 0.05) is 22.3 Å². The molecular formula is C28H32O7. The van der Waals surface area contributed by atoms with Crippen LogP contribution in [0.2, 0.25) is 0 Å². The molecule has 0 amide bonds. The van der Waals surface area contributed by atoms with E-state index in [0.29, 0.717) is 29.7 Å². The number of aromatic hydroxyl groups is 1. The standard InChI is InChI=1S/C28H32O7/c1-14(2)9-11-16-20-22(23(29)17(26(16)33-6)12-10-15(3)4)24(30)18-13-19(32-5)27(34-7)28(35-8)21(18)25(20)31/h9-10,13,29H,11-12H2,1-8H3. The highest BCUT2D eigenvalue weighted by Crippen LogP contribution is 2.49. The number of methoxy groups -OCH3 is 4. The minimum atomic E-state index is -0.495. The molecule has 0 atom stereocenters. The number of rotatable bonds is 8. The minimum absolute atomic E-state index is 0.0353. The molecule has 1 aliphatic rings. The summed E-state index contributed by atoms with van der Waals surface area (Å²) in [5, 5.41) is 11.3. The maximum absolute atomic E-state index is 14.0. The van der Waals surface area contributed by atoms with E-state index in [2.05, 4.69) is 0 Å². The van der Waals surface area contributed by atoms with Crippen LogP contribution in [0.25, 0.3) is 0 Å². The van der Waals surface area contributed by atoms with Crippen LogP contribution in [-0.2, 0) is 12.8 Å². The smallest absolute Gasteiger partial charge is 0.204 e. The molecule has 35 heavy (non-hydrogen) atoms. The molecule has 1 N–H and O–H groups in total. The number of ether oxygens (including phenoxy) is 4. The maximum atomic E-state index is 14.0. The second-order valence-electron chi connectivity index (χ2n) is 8.79. The van der Waals surface area contributed by atoms with Crippen LogP contribution in [0.5, 0.6) is 28.7 Å². The van der Waals surface area contributed by atoms with E-state index in [1.165, 1.54) is 34.5 Å². The average molecular weight is 481 g/mol. The van der Waals surface area contributed by atoms with Crippen LogP contribution in [0.4, 0.5) is 0 Å². The molecule has 0 spiro atoms. The van der Waals surface area contributed by atoms with Gasteiger partial charge in [-0.25, -0.2) is 0 Å². The van der Waals surface area contributed by atoms with E-state index in [0.717, 1.165) is 11.1 Å². The fraction of sp³-hybridized carbons (Fsp3) is 0.357. The predicted molar refractivity (Wildman–Crippen MR) is 134 cm³/mol. The van der Waals surface area contributed by atoms with E-state index < -0.39 is 11.6 Å². The highest BCUT2D eigenvalue weighted by molar-refractivity contribution is 6.31. The Balaban J connectivity index is 2.48. The van der Waals surface area contributed by atoms with E-state index >= 15 is 0 Å². The molecule has 0 unspecified atom stereocenters. The Morgan fingerprint density at radius 3 is 1.74 bits per heavy atom. The number of hydrogen-bond donors (Lipinski definition) is 1. The summed E-state index contributed by atoms with van der Waals surface area (Å²) >= 11 is 0. The molecule has 0 saturated heterocycles. The summed E-state index contributed by atoms with van der Waals surface area (Å²) in [6.45, 7) is 7.80. The van der Waals surface area contributed by atoms with Crippen LogP contribution in [0.3, 0.4) is 0 Å². The molecule has 1 aliphatic carbocycles. The number of ketones is 2. The number of phenols is 1. The Morgan fingerprint density at radius 1 is 0.714 bits per heavy atom. The Kier molecular flexibility index (Phi) is 7.58. The zero-order chi connectivity index (χ0) is 26.0. The number of carbonyl (C=O) groups excluding carboxylic acids is 2. The van der Waals surface area contributed by atoms with E-state index in [1.807, 2.05) is 39.8 Å². The van der Waals surface area contributed by atoms with Crippen molar-refractivity contribution in [2.24, 2.45) is 0 Å². The molecule has 0 radical (unpaired) electrons.